The summed E-state index contributed by atoms with van der Waals surface area (Å²) in [7, 11) is -3.80. The van der Waals surface area contributed by atoms with Crippen LogP contribution >= 0.6 is 34.8 Å². The zero-order valence-corrected chi connectivity index (χ0v) is 15.5. The predicted octanol–water partition coefficient (Wildman–Crippen LogP) is 4.08. The Kier molecular flexibility index (Phi) is 6.11. The normalized spacial score (nSPS) is 11.3. The van der Waals surface area contributed by atoms with Crippen LogP contribution in [0.5, 0.6) is 0 Å². The lowest BCUT2D eigenvalue weighted by Crippen LogP contribution is -2.23. The van der Waals surface area contributed by atoms with Crippen LogP contribution in [0, 0.1) is 0 Å². The number of carbonyl (C=O) groups excluding carboxylic acids is 1. The van der Waals surface area contributed by atoms with E-state index in [1.54, 1.807) is 18.2 Å². The topological polar surface area (TPSA) is 75.3 Å². The van der Waals surface area contributed by atoms with E-state index in [4.69, 9.17) is 34.8 Å². The van der Waals surface area contributed by atoms with E-state index in [2.05, 4.69) is 10.0 Å². The second-order valence-electron chi connectivity index (χ2n) is 4.88. The highest BCUT2D eigenvalue weighted by Gasteiger charge is 2.16. The standard InChI is InChI=1S/C15H13Cl3N2O3S/c1-9(21)20-15-5-3-12(7-14(15)18)24(22,23)19-8-10-6-11(16)2-4-13(10)17/h2-7,19H,8H2,1H3,(H,20,21). The van der Waals surface area contributed by atoms with E-state index in [9.17, 15) is 13.2 Å². The van der Waals surface area contributed by atoms with Gasteiger partial charge in [0.2, 0.25) is 15.9 Å². The molecule has 0 saturated heterocycles. The van der Waals surface area contributed by atoms with Crippen molar-refractivity contribution in [2.75, 3.05) is 5.32 Å². The second-order valence-corrected chi connectivity index (χ2v) is 7.90. The van der Waals surface area contributed by atoms with Gasteiger partial charge in [0.15, 0.2) is 0 Å². The summed E-state index contributed by atoms with van der Waals surface area (Å²) in [5.41, 5.74) is 0.884. The van der Waals surface area contributed by atoms with Crippen molar-refractivity contribution >= 4 is 56.4 Å². The van der Waals surface area contributed by atoms with Gasteiger partial charge in [0.25, 0.3) is 0 Å². The summed E-state index contributed by atoms with van der Waals surface area (Å²) < 4.78 is 27.1. The zero-order valence-electron chi connectivity index (χ0n) is 12.4. The van der Waals surface area contributed by atoms with Gasteiger partial charge in [-0.3, -0.25) is 4.79 Å². The Bertz CT molecular complexity index is 886. The number of nitrogens with one attached hydrogen (secondary N) is 2. The molecule has 0 spiro atoms. The van der Waals surface area contributed by atoms with Crippen LogP contribution in [0.3, 0.4) is 0 Å². The molecule has 0 saturated carbocycles. The summed E-state index contributed by atoms with van der Waals surface area (Å²) in [4.78, 5) is 11.0. The number of halogens is 3. The second kappa shape index (κ2) is 7.72. The molecule has 0 heterocycles. The molecule has 0 radical (unpaired) electrons. The minimum Gasteiger partial charge on any atom is -0.325 e. The summed E-state index contributed by atoms with van der Waals surface area (Å²) in [6.07, 6.45) is 0. The maximum absolute atomic E-state index is 12.4. The monoisotopic (exact) mass is 406 g/mol. The summed E-state index contributed by atoms with van der Waals surface area (Å²) in [5, 5.41) is 3.48. The molecule has 0 unspecified atom stereocenters. The third-order valence-corrected chi connectivity index (χ3v) is 5.34. The van der Waals surface area contributed by atoms with Gasteiger partial charge in [0.05, 0.1) is 15.6 Å². The third-order valence-electron chi connectivity index (χ3n) is 3.02. The van der Waals surface area contributed by atoms with E-state index in [1.165, 1.54) is 25.1 Å². The average Bonchev–Trinajstić information content (AvgIpc) is 2.50. The molecule has 0 aliphatic rings. The highest BCUT2D eigenvalue weighted by molar-refractivity contribution is 7.89. The van der Waals surface area contributed by atoms with Crippen molar-refractivity contribution in [2.45, 2.75) is 18.4 Å². The number of amides is 1. The molecule has 5 nitrogen and oxygen atoms in total. The van der Waals surface area contributed by atoms with E-state index in [1.807, 2.05) is 0 Å². The van der Waals surface area contributed by atoms with Crippen molar-refractivity contribution in [1.29, 1.82) is 0 Å². The van der Waals surface area contributed by atoms with E-state index >= 15 is 0 Å². The van der Waals surface area contributed by atoms with Gasteiger partial charge in [-0.05, 0) is 42.0 Å². The number of sulfonamides is 1. The Hall–Kier alpha value is -1.31. The molecule has 0 fully saturated rings. The summed E-state index contributed by atoms with van der Waals surface area (Å²) >= 11 is 17.9. The van der Waals surface area contributed by atoms with Gasteiger partial charge in [-0.15, -0.1) is 0 Å². The molecular formula is C15H13Cl3N2O3S. The van der Waals surface area contributed by atoms with Crippen molar-refractivity contribution in [3.63, 3.8) is 0 Å². The van der Waals surface area contributed by atoms with E-state index < -0.39 is 10.0 Å². The Balaban J connectivity index is 2.20. The maximum atomic E-state index is 12.4. The van der Waals surface area contributed by atoms with E-state index in [0.29, 0.717) is 21.3 Å². The largest absolute Gasteiger partial charge is 0.325 e. The van der Waals surface area contributed by atoms with Gasteiger partial charge < -0.3 is 5.32 Å². The van der Waals surface area contributed by atoms with Crippen LogP contribution < -0.4 is 10.0 Å². The molecule has 2 aromatic rings. The molecule has 2 N–H and O–H groups in total. The number of benzene rings is 2. The lowest BCUT2D eigenvalue weighted by molar-refractivity contribution is -0.114. The Labute approximate surface area is 155 Å². The van der Waals surface area contributed by atoms with Crippen LogP contribution in [0.1, 0.15) is 12.5 Å². The molecule has 24 heavy (non-hydrogen) atoms. The van der Waals surface area contributed by atoms with Crippen molar-refractivity contribution < 1.29 is 13.2 Å². The van der Waals surface area contributed by atoms with Crippen molar-refractivity contribution in [2.24, 2.45) is 0 Å². The fourth-order valence-corrected chi connectivity index (χ4v) is 3.59. The average molecular weight is 408 g/mol. The van der Waals surface area contributed by atoms with Crippen molar-refractivity contribution in [1.82, 2.24) is 4.72 Å². The van der Waals surface area contributed by atoms with Crippen LogP contribution in [-0.4, -0.2) is 14.3 Å². The van der Waals surface area contributed by atoms with Gasteiger partial charge in [-0.2, -0.15) is 0 Å². The van der Waals surface area contributed by atoms with Gasteiger partial charge >= 0.3 is 0 Å². The highest BCUT2D eigenvalue weighted by Crippen LogP contribution is 2.26. The molecule has 0 aliphatic heterocycles. The zero-order chi connectivity index (χ0) is 17.9. The molecule has 0 aliphatic carbocycles. The summed E-state index contributed by atoms with van der Waals surface area (Å²) in [6, 6.07) is 8.81. The molecule has 9 heteroatoms. The summed E-state index contributed by atoms with van der Waals surface area (Å²) in [5.74, 6) is -0.304. The maximum Gasteiger partial charge on any atom is 0.240 e. The first-order chi connectivity index (χ1) is 11.2. The fraction of sp³-hybridized carbons (Fsp3) is 0.133. The van der Waals surface area contributed by atoms with E-state index in [-0.39, 0.29) is 22.4 Å². The highest BCUT2D eigenvalue weighted by atomic mass is 35.5. The fourth-order valence-electron chi connectivity index (χ4n) is 1.89. The lowest BCUT2D eigenvalue weighted by atomic mass is 10.2. The van der Waals surface area contributed by atoms with Crippen LogP contribution in [-0.2, 0) is 21.4 Å². The first kappa shape index (κ1) is 19.0. The number of carbonyl (C=O) groups is 1. The van der Waals surface area contributed by atoms with Gasteiger partial charge in [-0.1, -0.05) is 34.8 Å². The molecule has 0 atom stereocenters. The van der Waals surface area contributed by atoms with E-state index in [0.717, 1.165) is 0 Å². The molecule has 0 bridgehead atoms. The van der Waals surface area contributed by atoms with Crippen LogP contribution in [0.15, 0.2) is 41.3 Å². The third kappa shape index (κ3) is 4.84. The molecular weight excluding hydrogens is 395 g/mol. The number of hydrogen-bond donors (Lipinski definition) is 2. The number of anilines is 1. The number of hydrogen-bond acceptors (Lipinski definition) is 3. The Morgan fingerprint density at radius 3 is 2.38 bits per heavy atom. The molecule has 2 aromatic carbocycles. The predicted molar refractivity (Wildman–Crippen MR) is 96.2 cm³/mol. The smallest absolute Gasteiger partial charge is 0.240 e. The minimum atomic E-state index is -3.80. The first-order valence-corrected chi connectivity index (χ1v) is 9.31. The molecule has 2 rings (SSSR count). The van der Waals surface area contributed by atoms with Crippen LogP contribution in [0.25, 0.3) is 0 Å². The summed E-state index contributed by atoms with van der Waals surface area (Å²) in [6.45, 7) is 1.31. The quantitative estimate of drug-likeness (QED) is 0.784. The number of rotatable bonds is 5. The van der Waals surface area contributed by atoms with Crippen LogP contribution in [0.2, 0.25) is 15.1 Å². The molecule has 1 amide bonds. The molecule has 128 valence electrons. The van der Waals surface area contributed by atoms with Crippen molar-refractivity contribution in [3.8, 4) is 0 Å². The Morgan fingerprint density at radius 1 is 1.04 bits per heavy atom. The van der Waals surface area contributed by atoms with Gasteiger partial charge in [-0.25, -0.2) is 13.1 Å². The van der Waals surface area contributed by atoms with Crippen LogP contribution in [0.4, 0.5) is 5.69 Å². The SMILES string of the molecule is CC(=O)Nc1ccc(S(=O)(=O)NCc2cc(Cl)ccc2Cl)cc1Cl. The first-order valence-electron chi connectivity index (χ1n) is 6.70. The van der Waals surface area contributed by atoms with Crippen molar-refractivity contribution in [3.05, 3.63) is 57.0 Å². The minimum absolute atomic E-state index is 0.0210. The van der Waals surface area contributed by atoms with Gasteiger partial charge in [0, 0.05) is 23.5 Å². The molecule has 0 aromatic heterocycles. The lowest BCUT2D eigenvalue weighted by Gasteiger charge is -2.10. The van der Waals surface area contributed by atoms with Gasteiger partial charge in [0.1, 0.15) is 0 Å². The Morgan fingerprint density at radius 2 is 1.75 bits per heavy atom.